The van der Waals surface area contributed by atoms with Crippen LogP contribution in [0, 0.1) is 6.92 Å². The van der Waals surface area contributed by atoms with Crippen LogP contribution in [-0.4, -0.2) is 20.7 Å². The number of hydrogen-bond acceptors (Lipinski definition) is 3. The summed E-state index contributed by atoms with van der Waals surface area (Å²) in [5, 5.41) is 7.11. The van der Waals surface area contributed by atoms with Crippen LogP contribution >= 0.6 is 0 Å². The molecule has 0 fully saturated rings. The zero-order chi connectivity index (χ0) is 16.2. The highest BCUT2D eigenvalue weighted by atomic mass is 16.1. The molecule has 116 valence electrons. The van der Waals surface area contributed by atoms with E-state index in [0.29, 0.717) is 5.56 Å². The number of amides is 1. The standard InChI is InChI=1S/C18H18N4O/c1-13-4-3-5-16(10-13)18(23)21-14(2)15-6-8-17(9-7-15)22-12-19-11-20-22/h3-12,14H,1-2H3,(H,21,23). The Morgan fingerprint density at radius 1 is 1.17 bits per heavy atom. The summed E-state index contributed by atoms with van der Waals surface area (Å²) in [5.74, 6) is -0.0680. The first-order valence-electron chi connectivity index (χ1n) is 7.46. The number of aryl methyl sites for hydroxylation is 1. The first kappa shape index (κ1) is 15.0. The van der Waals surface area contributed by atoms with Gasteiger partial charge >= 0.3 is 0 Å². The van der Waals surface area contributed by atoms with Gasteiger partial charge in [0.1, 0.15) is 12.7 Å². The van der Waals surface area contributed by atoms with Crippen molar-refractivity contribution < 1.29 is 4.79 Å². The van der Waals surface area contributed by atoms with E-state index >= 15 is 0 Å². The van der Waals surface area contributed by atoms with E-state index in [1.54, 1.807) is 11.0 Å². The molecule has 1 amide bonds. The Labute approximate surface area is 135 Å². The van der Waals surface area contributed by atoms with Crippen molar-refractivity contribution in [3.8, 4) is 5.69 Å². The fraction of sp³-hybridized carbons (Fsp3) is 0.167. The molecule has 1 atom stereocenters. The number of carbonyl (C=O) groups excluding carboxylic acids is 1. The lowest BCUT2D eigenvalue weighted by molar-refractivity contribution is 0.0940. The number of hydrogen-bond donors (Lipinski definition) is 1. The molecule has 0 spiro atoms. The summed E-state index contributed by atoms with van der Waals surface area (Å²) in [5.41, 5.74) is 3.72. The second-order valence-corrected chi connectivity index (χ2v) is 5.50. The minimum absolute atomic E-state index is 0.0680. The second kappa shape index (κ2) is 6.44. The average Bonchev–Trinajstić information content (AvgIpc) is 3.09. The molecule has 3 aromatic rings. The van der Waals surface area contributed by atoms with Crippen molar-refractivity contribution in [3.05, 3.63) is 77.9 Å². The van der Waals surface area contributed by atoms with E-state index in [-0.39, 0.29) is 11.9 Å². The van der Waals surface area contributed by atoms with E-state index in [1.807, 2.05) is 62.4 Å². The lowest BCUT2D eigenvalue weighted by atomic mass is 10.1. The number of rotatable bonds is 4. The maximum absolute atomic E-state index is 12.3. The molecule has 0 aliphatic carbocycles. The Bertz CT molecular complexity index is 794. The van der Waals surface area contributed by atoms with Gasteiger partial charge in [0.25, 0.3) is 5.91 Å². The predicted octanol–water partition coefficient (Wildman–Crippen LogP) is 3.07. The van der Waals surface area contributed by atoms with Crippen LogP contribution in [0.3, 0.4) is 0 Å². The van der Waals surface area contributed by atoms with Gasteiger partial charge in [-0.25, -0.2) is 9.67 Å². The summed E-state index contributed by atoms with van der Waals surface area (Å²) in [4.78, 5) is 16.2. The minimum atomic E-state index is -0.0761. The number of carbonyl (C=O) groups is 1. The number of nitrogens with zero attached hydrogens (tertiary/aromatic N) is 3. The van der Waals surface area contributed by atoms with Crippen molar-refractivity contribution >= 4 is 5.91 Å². The topological polar surface area (TPSA) is 59.8 Å². The summed E-state index contributed by atoms with van der Waals surface area (Å²) >= 11 is 0. The Hall–Kier alpha value is -2.95. The van der Waals surface area contributed by atoms with Crippen LogP contribution in [0.15, 0.2) is 61.2 Å². The van der Waals surface area contributed by atoms with Crippen molar-refractivity contribution in [1.29, 1.82) is 0 Å². The first-order valence-corrected chi connectivity index (χ1v) is 7.46. The van der Waals surface area contributed by atoms with E-state index in [2.05, 4.69) is 15.4 Å². The fourth-order valence-corrected chi connectivity index (χ4v) is 2.41. The molecule has 1 N–H and O–H groups in total. The summed E-state index contributed by atoms with van der Waals surface area (Å²) < 4.78 is 1.69. The third kappa shape index (κ3) is 3.45. The Morgan fingerprint density at radius 2 is 1.96 bits per heavy atom. The molecule has 0 aliphatic heterocycles. The molecule has 1 aromatic heterocycles. The van der Waals surface area contributed by atoms with Crippen LogP contribution < -0.4 is 5.32 Å². The van der Waals surface area contributed by atoms with Gasteiger partial charge in [0.05, 0.1) is 11.7 Å². The van der Waals surface area contributed by atoms with Gasteiger partial charge in [-0.15, -0.1) is 0 Å². The summed E-state index contributed by atoms with van der Waals surface area (Å²) in [6, 6.07) is 15.4. The molecule has 0 aliphatic rings. The molecule has 1 unspecified atom stereocenters. The lowest BCUT2D eigenvalue weighted by Crippen LogP contribution is -2.26. The molecular weight excluding hydrogens is 288 g/mol. The maximum Gasteiger partial charge on any atom is 0.251 e. The van der Waals surface area contributed by atoms with E-state index in [0.717, 1.165) is 16.8 Å². The third-order valence-electron chi connectivity index (χ3n) is 3.70. The molecule has 2 aromatic carbocycles. The van der Waals surface area contributed by atoms with Gasteiger partial charge in [0.15, 0.2) is 0 Å². The predicted molar refractivity (Wildman–Crippen MR) is 88.4 cm³/mol. The minimum Gasteiger partial charge on any atom is -0.346 e. The zero-order valence-corrected chi connectivity index (χ0v) is 13.1. The highest BCUT2D eigenvalue weighted by molar-refractivity contribution is 5.94. The Kier molecular flexibility index (Phi) is 4.19. The van der Waals surface area contributed by atoms with Gasteiger partial charge in [0.2, 0.25) is 0 Å². The van der Waals surface area contributed by atoms with Crippen LogP contribution in [0.5, 0.6) is 0 Å². The van der Waals surface area contributed by atoms with Crippen LogP contribution in [0.4, 0.5) is 0 Å². The third-order valence-corrected chi connectivity index (χ3v) is 3.70. The van der Waals surface area contributed by atoms with E-state index < -0.39 is 0 Å². The number of nitrogens with one attached hydrogen (secondary N) is 1. The lowest BCUT2D eigenvalue weighted by Gasteiger charge is -2.15. The molecule has 0 bridgehead atoms. The van der Waals surface area contributed by atoms with E-state index in [9.17, 15) is 4.79 Å². The Balaban J connectivity index is 1.70. The number of aromatic nitrogens is 3. The fourth-order valence-electron chi connectivity index (χ4n) is 2.41. The molecule has 0 saturated heterocycles. The first-order chi connectivity index (χ1) is 11.1. The normalized spacial score (nSPS) is 11.9. The molecule has 0 saturated carbocycles. The van der Waals surface area contributed by atoms with Gasteiger partial charge in [-0.05, 0) is 43.7 Å². The molecule has 3 rings (SSSR count). The molecule has 5 nitrogen and oxygen atoms in total. The van der Waals surface area contributed by atoms with E-state index in [4.69, 9.17) is 0 Å². The van der Waals surface area contributed by atoms with Gasteiger partial charge in [-0.2, -0.15) is 5.10 Å². The van der Waals surface area contributed by atoms with Crippen molar-refractivity contribution in [2.24, 2.45) is 0 Å². The van der Waals surface area contributed by atoms with E-state index in [1.165, 1.54) is 6.33 Å². The molecular formula is C18H18N4O. The Morgan fingerprint density at radius 3 is 2.61 bits per heavy atom. The highest BCUT2D eigenvalue weighted by Crippen LogP contribution is 2.16. The maximum atomic E-state index is 12.3. The molecule has 0 radical (unpaired) electrons. The van der Waals surface area contributed by atoms with Gasteiger partial charge < -0.3 is 5.32 Å². The summed E-state index contributed by atoms with van der Waals surface area (Å²) in [6.45, 7) is 3.95. The SMILES string of the molecule is Cc1cccc(C(=O)NC(C)c2ccc(-n3cncn3)cc2)c1. The second-order valence-electron chi connectivity index (χ2n) is 5.50. The van der Waals surface area contributed by atoms with Crippen molar-refractivity contribution in [2.75, 3.05) is 0 Å². The average molecular weight is 306 g/mol. The van der Waals surface area contributed by atoms with Gasteiger partial charge in [-0.1, -0.05) is 29.8 Å². The largest absolute Gasteiger partial charge is 0.346 e. The summed E-state index contributed by atoms with van der Waals surface area (Å²) in [6.07, 6.45) is 3.15. The number of benzene rings is 2. The van der Waals surface area contributed by atoms with Crippen LogP contribution in [0.2, 0.25) is 0 Å². The quantitative estimate of drug-likeness (QED) is 0.806. The molecule has 1 heterocycles. The monoisotopic (exact) mass is 306 g/mol. The van der Waals surface area contributed by atoms with Gasteiger partial charge in [0, 0.05) is 5.56 Å². The summed E-state index contributed by atoms with van der Waals surface area (Å²) in [7, 11) is 0. The molecule has 5 heteroatoms. The van der Waals surface area contributed by atoms with Crippen molar-refractivity contribution in [3.63, 3.8) is 0 Å². The van der Waals surface area contributed by atoms with Crippen molar-refractivity contribution in [1.82, 2.24) is 20.1 Å². The smallest absolute Gasteiger partial charge is 0.251 e. The van der Waals surface area contributed by atoms with Crippen LogP contribution in [0.25, 0.3) is 5.69 Å². The highest BCUT2D eigenvalue weighted by Gasteiger charge is 2.11. The zero-order valence-electron chi connectivity index (χ0n) is 13.1. The van der Waals surface area contributed by atoms with Crippen LogP contribution in [0.1, 0.15) is 34.5 Å². The molecule has 23 heavy (non-hydrogen) atoms. The van der Waals surface area contributed by atoms with Gasteiger partial charge in [-0.3, -0.25) is 4.79 Å². The van der Waals surface area contributed by atoms with Crippen molar-refractivity contribution in [2.45, 2.75) is 19.9 Å². The van der Waals surface area contributed by atoms with Crippen LogP contribution in [-0.2, 0) is 0 Å².